The second-order valence-electron chi connectivity index (χ2n) is 5.47. The predicted octanol–water partition coefficient (Wildman–Crippen LogP) is 4.13. The van der Waals surface area contributed by atoms with Crippen molar-refractivity contribution in [3.05, 3.63) is 23.4 Å². The van der Waals surface area contributed by atoms with Gasteiger partial charge in [0.05, 0.1) is 16.8 Å². The maximum atomic E-state index is 12.9. The van der Waals surface area contributed by atoms with Crippen molar-refractivity contribution in [2.24, 2.45) is 5.92 Å². The van der Waals surface area contributed by atoms with E-state index in [0.29, 0.717) is 24.7 Å². The number of hydrogen-bond donors (Lipinski definition) is 0. The average Bonchev–Trinajstić information content (AvgIpc) is 3.16. The summed E-state index contributed by atoms with van der Waals surface area (Å²) in [4.78, 5) is 2.63. The predicted molar refractivity (Wildman–Crippen MR) is 76.4 cm³/mol. The van der Waals surface area contributed by atoms with Crippen LogP contribution in [0.4, 0.5) is 13.2 Å². The Morgan fingerprint density at radius 2 is 2.23 bits per heavy atom. The first kappa shape index (κ1) is 15.5. The smallest absolute Gasteiger partial charge is 0.393 e. The van der Waals surface area contributed by atoms with E-state index in [1.165, 1.54) is 11.3 Å². The summed E-state index contributed by atoms with van der Waals surface area (Å²) in [5.41, 5.74) is 0. The molecule has 2 atom stereocenters. The van der Waals surface area contributed by atoms with Crippen LogP contribution >= 0.6 is 11.3 Å². The molecule has 22 heavy (non-hydrogen) atoms. The molecule has 0 unspecified atom stereocenters. The van der Waals surface area contributed by atoms with Gasteiger partial charge >= 0.3 is 6.18 Å². The van der Waals surface area contributed by atoms with E-state index in [1.54, 1.807) is 4.90 Å². The minimum absolute atomic E-state index is 0.0125. The number of piperidine rings is 1. The molecule has 3 rings (SSSR count). The summed E-state index contributed by atoms with van der Waals surface area (Å²) in [5, 5.41) is 9.89. The van der Waals surface area contributed by atoms with Crippen molar-refractivity contribution in [2.45, 2.75) is 32.0 Å². The van der Waals surface area contributed by atoms with Crippen molar-refractivity contribution in [3.8, 4) is 10.8 Å². The minimum atomic E-state index is -4.14. The maximum Gasteiger partial charge on any atom is 0.393 e. The Morgan fingerprint density at radius 1 is 1.41 bits per heavy atom. The lowest BCUT2D eigenvalue weighted by Crippen LogP contribution is -2.42. The quantitative estimate of drug-likeness (QED) is 0.848. The molecule has 0 aromatic carbocycles. The number of alkyl halides is 3. The first-order valence-corrected chi connectivity index (χ1v) is 8.01. The number of likely N-dealkylation sites (tertiary alicyclic amines) is 1. The standard InChI is InChI=1S/C14H16F3N3OS/c1-9(20-6-2-4-10(8-20)14(15,16)17)12-18-19-13(21-12)11-5-3-7-22-11/h3,5,7,9-10H,2,4,6,8H2,1H3/t9-,10+/m1/s1. The molecular weight excluding hydrogens is 315 g/mol. The van der Waals surface area contributed by atoms with Crippen molar-refractivity contribution in [1.82, 2.24) is 15.1 Å². The SMILES string of the molecule is C[C@H](c1nnc(-c2cccs2)o1)N1CCC[C@H](C(F)(F)F)C1. The van der Waals surface area contributed by atoms with E-state index in [4.69, 9.17) is 4.42 Å². The Hall–Kier alpha value is -1.41. The summed E-state index contributed by atoms with van der Waals surface area (Å²) in [7, 11) is 0. The van der Waals surface area contributed by atoms with E-state index in [1.807, 2.05) is 24.4 Å². The van der Waals surface area contributed by atoms with E-state index in [2.05, 4.69) is 10.2 Å². The van der Waals surface area contributed by atoms with Crippen molar-refractivity contribution in [3.63, 3.8) is 0 Å². The summed E-state index contributed by atoms with van der Waals surface area (Å²) in [6, 6.07) is 3.44. The molecule has 8 heteroatoms. The van der Waals surface area contributed by atoms with Crippen molar-refractivity contribution in [1.29, 1.82) is 0 Å². The van der Waals surface area contributed by atoms with Gasteiger partial charge in [-0.05, 0) is 37.8 Å². The van der Waals surface area contributed by atoms with Gasteiger partial charge in [0.15, 0.2) is 0 Å². The van der Waals surface area contributed by atoms with Gasteiger partial charge in [-0.1, -0.05) is 6.07 Å². The Kier molecular flexibility index (Phi) is 4.22. The van der Waals surface area contributed by atoms with E-state index >= 15 is 0 Å². The third-order valence-corrected chi connectivity index (χ3v) is 4.85. The molecule has 1 saturated heterocycles. The van der Waals surface area contributed by atoms with Gasteiger partial charge in [-0.2, -0.15) is 13.2 Å². The highest BCUT2D eigenvalue weighted by molar-refractivity contribution is 7.13. The van der Waals surface area contributed by atoms with Gasteiger partial charge in [-0.15, -0.1) is 21.5 Å². The van der Waals surface area contributed by atoms with Crippen LogP contribution in [0.2, 0.25) is 0 Å². The van der Waals surface area contributed by atoms with Crippen LogP contribution in [0.5, 0.6) is 0 Å². The van der Waals surface area contributed by atoms with Gasteiger partial charge in [0.2, 0.25) is 5.89 Å². The largest absolute Gasteiger partial charge is 0.418 e. The Balaban J connectivity index is 1.72. The first-order chi connectivity index (χ1) is 10.4. The van der Waals surface area contributed by atoms with E-state index in [-0.39, 0.29) is 19.0 Å². The van der Waals surface area contributed by atoms with Gasteiger partial charge in [-0.3, -0.25) is 4.90 Å². The number of aromatic nitrogens is 2. The third-order valence-electron chi connectivity index (χ3n) is 3.99. The first-order valence-electron chi connectivity index (χ1n) is 7.13. The molecule has 0 N–H and O–H groups in total. The van der Waals surface area contributed by atoms with Crippen molar-refractivity contribution < 1.29 is 17.6 Å². The second kappa shape index (κ2) is 6.00. The Bertz CT molecular complexity index is 611. The molecule has 0 spiro atoms. The zero-order chi connectivity index (χ0) is 15.7. The highest BCUT2D eigenvalue weighted by Crippen LogP contribution is 2.36. The maximum absolute atomic E-state index is 12.9. The number of thiophene rings is 1. The van der Waals surface area contributed by atoms with E-state index < -0.39 is 12.1 Å². The average molecular weight is 331 g/mol. The number of nitrogens with zero attached hydrogens (tertiary/aromatic N) is 3. The van der Waals surface area contributed by atoms with Crippen molar-refractivity contribution in [2.75, 3.05) is 13.1 Å². The number of hydrogen-bond acceptors (Lipinski definition) is 5. The van der Waals surface area contributed by atoms with Crippen LogP contribution < -0.4 is 0 Å². The third kappa shape index (κ3) is 3.17. The molecule has 0 bridgehead atoms. The zero-order valence-corrected chi connectivity index (χ0v) is 12.8. The van der Waals surface area contributed by atoms with Gasteiger partial charge in [0, 0.05) is 6.54 Å². The molecule has 1 fully saturated rings. The van der Waals surface area contributed by atoms with Gasteiger partial charge < -0.3 is 4.42 Å². The molecule has 2 aromatic heterocycles. The van der Waals surface area contributed by atoms with Crippen LogP contribution in [0.15, 0.2) is 21.9 Å². The second-order valence-corrected chi connectivity index (χ2v) is 6.42. The minimum Gasteiger partial charge on any atom is -0.418 e. The van der Waals surface area contributed by atoms with Gasteiger partial charge in [0.1, 0.15) is 0 Å². The van der Waals surface area contributed by atoms with Crippen LogP contribution in [0.3, 0.4) is 0 Å². The molecule has 2 aromatic rings. The van der Waals surface area contributed by atoms with E-state index in [0.717, 1.165) is 4.88 Å². The van der Waals surface area contributed by atoms with E-state index in [9.17, 15) is 13.2 Å². The fourth-order valence-corrected chi connectivity index (χ4v) is 3.33. The lowest BCUT2D eigenvalue weighted by atomic mass is 9.96. The highest BCUT2D eigenvalue weighted by atomic mass is 32.1. The van der Waals surface area contributed by atoms with Crippen LogP contribution in [0.1, 0.15) is 31.7 Å². The molecule has 0 saturated carbocycles. The molecule has 4 nitrogen and oxygen atoms in total. The summed E-state index contributed by atoms with van der Waals surface area (Å²) < 4.78 is 44.3. The van der Waals surface area contributed by atoms with Crippen LogP contribution in [-0.2, 0) is 0 Å². The fourth-order valence-electron chi connectivity index (χ4n) is 2.68. The van der Waals surface area contributed by atoms with Crippen LogP contribution in [0, 0.1) is 5.92 Å². The lowest BCUT2D eigenvalue weighted by molar-refractivity contribution is -0.188. The highest BCUT2D eigenvalue weighted by Gasteiger charge is 2.43. The molecular formula is C14H16F3N3OS. The monoisotopic (exact) mass is 331 g/mol. The Labute approximate surface area is 130 Å². The molecule has 0 amide bonds. The van der Waals surface area contributed by atoms with Gasteiger partial charge in [-0.25, -0.2) is 0 Å². The number of halogens is 3. The van der Waals surface area contributed by atoms with Gasteiger partial charge in [0.25, 0.3) is 5.89 Å². The molecule has 1 aliphatic rings. The Morgan fingerprint density at radius 3 is 2.91 bits per heavy atom. The molecule has 0 aliphatic carbocycles. The summed E-state index contributed by atoms with van der Waals surface area (Å²) in [6.45, 7) is 2.41. The zero-order valence-electron chi connectivity index (χ0n) is 12.0. The molecule has 0 radical (unpaired) electrons. The molecule has 1 aliphatic heterocycles. The molecule has 120 valence electrons. The fraction of sp³-hybridized carbons (Fsp3) is 0.571. The van der Waals surface area contributed by atoms with Crippen LogP contribution in [-0.4, -0.2) is 34.4 Å². The lowest BCUT2D eigenvalue weighted by Gasteiger charge is -2.36. The number of rotatable bonds is 3. The summed E-state index contributed by atoms with van der Waals surface area (Å²) in [5.74, 6) is -0.490. The summed E-state index contributed by atoms with van der Waals surface area (Å²) >= 11 is 1.48. The molecule has 3 heterocycles. The topological polar surface area (TPSA) is 42.2 Å². The summed E-state index contributed by atoms with van der Waals surface area (Å²) in [6.07, 6.45) is -3.42. The normalized spacial score (nSPS) is 21.9. The van der Waals surface area contributed by atoms with Crippen molar-refractivity contribution >= 4 is 11.3 Å². The van der Waals surface area contributed by atoms with Crippen LogP contribution in [0.25, 0.3) is 10.8 Å².